The second-order valence-electron chi connectivity index (χ2n) is 5.17. The molecule has 0 aromatic heterocycles. The lowest BCUT2D eigenvalue weighted by atomic mass is 9.96. The third-order valence-corrected chi connectivity index (χ3v) is 3.91. The van der Waals surface area contributed by atoms with Crippen molar-refractivity contribution < 1.29 is 9.90 Å². The van der Waals surface area contributed by atoms with Gasteiger partial charge in [-0.25, -0.2) is 0 Å². The van der Waals surface area contributed by atoms with Crippen LogP contribution in [0.5, 0.6) is 0 Å². The van der Waals surface area contributed by atoms with Crippen molar-refractivity contribution in [3.63, 3.8) is 0 Å². The largest absolute Gasteiger partial charge is 0.480 e. The number of aliphatic carboxylic acids is 1. The molecule has 4 nitrogen and oxygen atoms in total. The summed E-state index contributed by atoms with van der Waals surface area (Å²) in [5.74, 6) is -0.754. The molecule has 1 saturated heterocycles. The van der Waals surface area contributed by atoms with Crippen LogP contribution in [0, 0.1) is 13.8 Å². The van der Waals surface area contributed by atoms with Crippen LogP contribution in [-0.4, -0.2) is 42.2 Å². The normalized spacial score (nSPS) is 18.8. The van der Waals surface area contributed by atoms with Gasteiger partial charge < -0.3 is 10.4 Å². The van der Waals surface area contributed by atoms with E-state index in [1.54, 1.807) is 0 Å². The van der Waals surface area contributed by atoms with Crippen LogP contribution in [0.15, 0.2) is 18.2 Å². The summed E-state index contributed by atoms with van der Waals surface area (Å²) in [4.78, 5) is 13.8. The molecule has 2 rings (SSSR count). The van der Waals surface area contributed by atoms with Crippen molar-refractivity contribution >= 4 is 5.97 Å². The van der Waals surface area contributed by atoms with Crippen molar-refractivity contribution in [2.24, 2.45) is 0 Å². The molecule has 1 unspecified atom stereocenters. The Morgan fingerprint density at radius 2 is 2.11 bits per heavy atom. The number of rotatable bonds is 3. The summed E-state index contributed by atoms with van der Waals surface area (Å²) < 4.78 is 0. The summed E-state index contributed by atoms with van der Waals surface area (Å²) in [5.41, 5.74) is 3.17. The molecule has 0 bridgehead atoms. The molecule has 19 heavy (non-hydrogen) atoms. The van der Waals surface area contributed by atoms with Gasteiger partial charge in [0.1, 0.15) is 6.04 Å². The first kappa shape index (κ1) is 14.0. The Kier molecular flexibility index (Phi) is 4.56. The maximum Gasteiger partial charge on any atom is 0.325 e. The number of nitrogens with zero attached hydrogens (tertiary/aromatic N) is 1. The SMILES string of the molecule is Cc1cccc(C(C(=O)O)N2CCCNCC2)c1C. The van der Waals surface area contributed by atoms with Gasteiger partial charge in [0.2, 0.25) is 0 Å². The predicted molar refractivity (Wildman–Crippen MR) is 75.4 cm³/mol. The monoisotopic (exact) mass is 262 g/mol. The summed E-state index contributed by atoms with van der Waals surface area (Å²) in [6.07, 6.45) is 0.995. The Bertz CT molecular complexity index is 451. The third-order valence-electron chi connectivity index (χ3n) is 3.91. The van der Waals surface area contributed by atoms with Crippen molar-refractivity contribution in [1.29, 1.82) is 0 Å². The van der Waals surface area contributed by atoms with E-state index in [2.05, 4.69) is 10.2 Å². The second kappa shape index (κ2) is 6.17. The minimum Gasteiger partial charge on any atom is -0.480 e. The van der Waals surface area contributed by atoms with E-state index in [1.165, 1.54) is 0 Å². The fourth-order valence-electron chi connectivity index (χ4n) is 2.68. The van der Waals surface area contributed by atoms with Gasteiger partial charge in [-0.2, -0.15) is 0 Å². The third kappa shape index (κ3) is 3.14. The molecule has 0 saturated carbocycles. The van der Waals surface area contributed by atoms with Crippen molar-refractivity contribution in [3.8, 4) is 0 Å². The molecule has 0 spiro atoms. The van der Waals surface area contributed by atoms with E-state index in [0.717, 1.165) is 49.3 Å². The van der Waals surface area contributed by atoms with Crippen LogP contribution in [0.4, 0.5) is 0 Å². The number of carbonyl (C=O) groups is 1. The van der Waals surface area contributed by atoms with Gasteiger partial charge in [0.15, 0.2) is 0 Å². The standard InChI is InChI=1S/C15H22N2O2/c1-11-5-3-6-13(12(11)2)14(15(18)19)17-9-4-7-16-8-10-17/h3,5-6,14,16H,4,7-10H2,1-2H3,(H,18,19). The van der Waals surface area contributed by atoms with Gasteiger partial charge in [-0.05, 0) is 43.5 Å². The van der Waals surface area contributed by atoms with E-state index in [4.69, 9.17) is 0 Å². The van der Waals surface area contributed by atoms with E-state index in [9.17, 15) is 9.90 Å². The smallest absolute Gasteiger partial charge is 0.325 e. The Balaban J connectivity index is 2.33. The zero-order chi connectivity index (χ0) is 13.8. The van der Waals surface area contributed by atoms with Gasteiger partial charge in [0, 0.05) is 19.6 Å². The first-order chi connectivity index (χ1) is 9.11. The average Bonchev–Trinajstić information content (AvgIpc) is 2.63. The summed E-state index contributed by atoms with van der Waals surface area (Å²) in [5, 5.41) is 12.9. The minimum absolute atomic E-state index is 0.528. The fourth-order valence-corrected chi connectivity index (χ4v) is 2.68. The lowest BCUT2D eigenvalue weighted by Crippen LogP contribution is -2.37. The maximum absolute atomic E-state index is 11.7. The minimum atomic E-state index is -0.754. The zero-order valence-electron chi connectivity index (χ0n) is 11.6. The Morgan fingerprint density at radius 3 is 2.84 bits per heavy atom. The number of hydrogen-bond donors (Lipinski definition) is 2. The van der Waals surface area contributed by atoms with Crippen molar-refractivity contribution in [2.75, 3.05) is 26.2 Å². The topological polar surface area (TPSA) is 52.6 Å². The molecule has 0 aliphatic carbocycles. The lowest BCUT2D eigenvalue weighted by Gasteiger charge is -2.28. The summed E-state index contributed by atoms with van der Waals surface area (Å²) in [6.45, 7) is 7.48. The number of carboxylic acid groups (broad SMARTS) is 1. The number of nitrogens with one attached hydrogen (secondary N) is 1. The molecule has 1 aliphatic rings. The first-order valence-electron chi connectivity index (χ1n) is 6.85. The molecule has 1 atom stereocenters. The molecule has 1 aromatic carbocycles. The quantitative estimate of drug-likeness (QED) is 0.871. The molecule has 2 N–H and O–H groups in total. The van der Waals surface area contributed by atoms with Gasteiger partial charge in [-0.1, -0.05) is 18.2 Å². The van der Waals surface area contributed by atoms with Gasteiger partial charge in [-0.15, -0.1) is 0 Å². The number of benzene rings is 1. The lowest BCUT2D eigenvalue weighted by molar-refractivity contribution is -0.143. The Labute approximate surface area is 114 Å². The van der Waals surface area contributed by atoms with Gasteiger partial charge in [-0.3, -0.25) is 9.69 Å². The second-order valence-corrected chi connectivity index (χ2v) is 5.17. The molecule has 1 aromatic rings. The van der Waals surface area contributed by atoms with Crippen LogP contribution in [0.1, 0.15) is 29.2 Å². The summed E-state index contributed by atoms with van der Waals surface area (Å²) >= 11 is 0. The van der Waals surface area contributed by atoms with Crippen molar-refractivity contribution in [3.05, 3.63) is 34.9 Å². The van der Waals surface area contributed by atoms with Crippen molar-refractivity contribution in [1.82, 2.24) is 10.2 Å². The van der Waals surface area contributed by atoms with E-state index in [1.807, 2.05) is 32.0 Å². The highest BCUT2D eigenvalue weighted by atomic mass is 16.4. The van der Waals surface area contributed by atoms with Crippen LogP contribution in [0.25, 0.3) is 0 Å². The molecule has 1 fully saturated rings. The van der Waals surface area contributed by atoms with Crippen molar-refractivity contribution in [2.45, 2.75) is 26.3 Å². The zero-order valence-corrected chi connectivity index (χ0v) is 11.6. The molecular formula is C15H22N2O2. The Morgan fingerprint density at radius 1 is 1.32 bits per heavy atom. The van der Waals surface area contributed by atoms with Crippen LogP contribution in [0.2, 0.25) is 0 Å². The molecular weight excluding hydrogens is 240 g/mol. The molecule has 1 aliphatic heterocycles. The molecule has 1 heterocycles. The predicted octanol–water partition coefficient (Wildman–Crippen LogP) is 1.72. The van der Waals surface area contributed by atoms with Gasteiger partial charge in [0.25, 0.3) is 0 Å². The molecule has 0 radical (unpaired) electrons. The van der Waals surface area contributed by atoms with Crippen LogP contribution in [-0.2, 0) is 4.79 Å². The maximum atomic E-state index is 11.7. The molecule has 4 heteroatoms. The first-order valence-corrected chi connectivity index (χ1v) is 6.85. The van der Waals surface area contributed by atoms with Crippen LogP contribution >= 0.6 is 0 Å². The highest BCUT2D eigenvalue weighted by molar-refractivity contribution is 5.76. The van der Waals surface area contributed by atoms with Gasteiger partial charge in [0.05, 0.1) is 0 Å². The highest BCUT2D eigenvalue weighted by Crippen LogP contribution is 2.26. The molecule has 0 amide bonds. The highest BCUT2D eigenvalue weighted by Gasteiger charge is 2.29. The summed E-state index contributed by atoms with van der Waals surface area (Å²) in [6, 6.07) is 5.39. The summed E-state index contributed by atoms with van der Waals surface area (Å²) in [7, 11) is 0. The van der Waals surface area contributed by atoms with Crippen LogP contribution in [0.3, 0.4) is 0 Å². The van der Waals surface area contributed by atoms with E-state index in [-0.39, 0.29) is 0 Å². The van der Waals surface area contributed by atoms with Crippen LogP contribution < -0.4 is 5.32 Å². The average molecular weight is 262 g/mol. The van der Waals surface area contributed by atoms with E-state index in [0.29, 0.717) is 0 Å². The number of aryl methyl sites for hydroxylation is 1. The number of hydrogen-bond acceptors (Lipinski definition) is 3. The van der Waals surface area contributed by atoms with E-state index >= 15 is 0 Å². The van der Waals surface area contributed by atoms with Gasteiger partial charge >= 0.3 is 5.97 Å². The Hall–Kier alpha value is -1.39. The molecule has 104 valence electrons. The van der Waals surface area contributed by atoms with E-state index < -0.39 is 12.0 Å². The number of carboxylic acids is 1. The fraction of sp³-hybridized carbons (Fsp3) is 0.533.